The van der Waals surface area contributed by atoms with Crippen molar-refractivity contribution in [2.45, 2.75) is 32.8 Å². The molecule has 0 fully saturated rings. The molecule has 0 aliphatic carbocycles. The first-order valence-electron chi connectivity index (χ1n) is 11.1. The summed E-state index contributed by atoms with van der Waals surface area (Å²) in [6.45, 7) is 5.55. The SMILES string of the molecule is CC(C)(C)OC(=O)n1ccc2cc(-c3ccc4nc(N)nc(Cc5ccccc5)c4n3)ccc21. The van der Waals surface area contributed by atoms with Crippen LogP contribution in [-0.4, -0.2) is 31.2 Å². The summed E-state index contributed by atoms with van der Waals surface area (Å²) < 4.78 is 7.03. The molecule has 7 nitrogen and oxygen atoms in total. The molecule has 2 aromatic carbocycles. The summed E-state index contributed by atoms with van der Waals surface area (Å²) in [6.07, 6.45) is 1.93. The zero-order chi connectivity index (χ0) is 23.9. The number of pyridine rings is 1. The summed E-state index contributed by atoms with van der Waals surface area (Å²) in [5.41, 5.74) is 11.2. The highest BCUT2D eigenvalue weighted by Crippen LogP contribution is 2.27. The van der Waals surface area contributed by atoms with Crippen molar-refractivity contribution in [2.75, 3.05) is 5.73 Å². The van der Waals surface area contributed by atoms with Gasteiger partial charge in [0.25, 0.3) is 0 Å². The molecule has 0 unspecified atom stereocenters. The Bertz CT molecular complexity index is 1520. The highest BCUT2D eigenvalue weighted by Gasteiger charge is 2.19. The second-order valence-electron chi connectivity index (χ2n) is 9.19. The second kappa shape index (κ2) is 8.26. The average Bonchev–Trinajstić information content (AvgIpc) is 3.22. The van der Waals surface area contributed by atoms with Crippen LogP contribution in [0.25, 0.3) is 33.2 Å². The van der Waals surface area contributed by atoms with Crippen molar-refractivity contribution in [2.24, 2.45) is 0 Å². The minimum atomic E-state index is -0.564. The van der Waals surface area contributed by atoms with E-state index in [9.17, 15) is 4.79 Å². The largest absolute Gasteiger partial charge is 0.443 e. The van der Waals surface area contributed by atoms with Gasteiger partial charge in [0.05, 0.1) is 22.4 Å². The number of nitrogens with zero attached hydrogens (tertiary/aromatic N) is 4. The quantitative estimate of drug-likeness (QED) is 0.383. The molecule has 170 valence electrons. The van der Waals surface area contributed by atoms with Crippen molar-refractivity contribution in [3.8, 4) is 11.3 Å². The number of aromatic nitrogens is 4. The lowest BCUT2D eigenvalue weighted by molar-refractivity contribution is 0.0544. The first-order valence-corrected chi connectivity index (χ1v) is 11.1. The zero-order valence-electron chi connectivity index (χ0n) is 19.3. The van der Waals surface area contributed by atoms with Gasteiger partial charge in [-0.25, -0.2) is 19.7 Å². The predicted molar refractivity (Wildman–Crippen MR) is 134 cm³/mol. The third-order valence-corrected chi connectivity index (χ3v) is 5.42. The summed E-state index contributed by atoms with van der Waals surface area (Å²) in [5.74, 6) is 0.234. The van der Waals surface area contributed by atoms with Gasteiger partial charge < -0.3 is 10.5 Å². The molecule has 2 N–H and O–H groups in total. The molecular formula is C27H25N5O2. The molecule has 0 saturated heterocycles. The molecule has 3 heterocycles. The average molecular weight is 452 g/mol. The molecule has 3 aromatic heterocycles. The molecular weight excluding hydrogens is 426 g/mol. The lowest BCUT2D eigenvalue weighted by Gasteiger charge is -2.19. The van der Waals surface area contributed by atoms with Crippen molar-refractivity contribution >= 4 is 34.0 Å². The van der Waals surface area contributed by atoms with E-state index in [4.69, 9.17) is 15.5 Å². The fourth-order valence-electron chi connectivity index (χ4n) is 3.94. The van der Waals surface area contributed by atoms with Crippen molar-refractivity contribution in [1.29, 1.82) is 0 Å². The Kier molecular flexibility index (Phi) is 5.24. The number of hydrogen-bond donors (Lipinski definition) is 1. The first-order chi connectivity index (χ1) is 16.3. The number of carbonyl (C=O) groups is 1. The fraction of sp³-hybridized carbons (Fsp3) is 0.185. The maximum Gasteiger partial charge on any atom is 0.418 e. The topological polar surface area (TPSA) is 95.9 Å². The summed E-state index contributed by atoms with van der Waals surface area (Å²) in [4.78, 5) is 26.3. The van der Waals surface area contributed by atoms with Gasteiger partial charge in [0.15, 0.2) is 0 Å². The van der Waals surface area contributed by atoms with Gasteiger partial charge in [-0.3, -0.25) is 4.57 Å². The Balaban J connectivity index is 1.54. The van der Waals surface area contributed by atoms with Crippen LogP contribution >= 0.6 is 0 Å². The molecule has 0 atom stereocenters. The summed E-state index contributed by atoms with van der Waals surface area (Å²) >= 11 is 0. The summed E-state index contributed by atoms with van der Waals surface area (Å²) in [5, 5.41) is 0.920. The minimum absolute atomic E-state index is 0.234. The third kappa shape index (κ3) is 4.32. The van der Waals surface area contributed by atoms with Gasteiger partial charge in [-0.05, 0) is 56.7 Å². The van der Waals surface area contributed by atoms with E-state index in [1.54, 1.807) is 6.20 Å². The molecule has 0 aliphatic heterocycles. The standard InChI is InChI=1S/C27H25N5O2/c1-27(2,3)34-26(33)32-14-13-19-16-18(9-12-23(19)32)20-10-11-21-24(29-20)22(31-25(28)30-21)15-17-7-5-4-6-8-17/h4-14,16H,15H2,1-3H3,(H2,28,30,31). The van der Waals surface area contributed by atoms with Gasteiger partial charge in [0, 0.05) is 23.6 Å². The van der Waals surface area contributed by atoms with Crippen molar-refractivity contribution in [3.63, 3.8) is 0 Å². The zero-order valence-corrected chi connectivity index (χ0v) is 19.3. The van der Waals surface area contributed by atoms with E-state index in [-0.39, 0.29) is 5.95 Å². The van der Waals surface area contributed by atoms with Gasteiger partial charge in [-0.15, -0.1) is 0 Å². The third-order valence-electron chi connectivity index (χ3n) is 5.42. The van der Waals surface area contributed by atoms with Crippen LogP contribution in [0.3, 0.4) is 0 Å². The van der Waals surface area contributed by atoms with Crippen LogP contribution in [-0.2, 0) is 11.2 Å². The molecule has 7 heteroatoms. The molecule has 0 amide bonds. The van der Waals surface area contributed by atoms with Gasteiger partial charge in [0.1, 0.15) is 11.1 Å². The van der Waals surface area contributed by atoms with Gasteiger partial charge in [0.2, 0.25) is 5.95 Å². The minimum Gasteiger partial charge on any atom is -0.443 e. The smallest absolute Gasteiger partial charge is 0.418 e. The lowest BCUT2D eigenvalue weighted by Crippen LogP contribution is -2.26. The van der Waals surface area contributed by atoms with Crippen LogP contribution in [0.2, 0.25) is 0 Å². The number of nitrogen functional groups attached to an aromatic ring is 1. The molecule has 0 radical (unpaired) electrons. The normalized spacial score (nSPS) is 11.7. The maximum atomic E-state index is 12.6. The lowest BCUT2D eigenvalue weighted by atomic mass is 10.1. The van der Waals surface area contributed by atoms with Gasteiger partial charge in [-0.1, -0.05) is 36.4 Å². The highest BCUT2D eigenvalue weighted by atomic mass is 16.6. The number of fused-ring (bicyclic) bond motifs is 2. The van der Waals surface area contributed by atoms with E-state index < -0.39 is 11.7 Å². The number of benzene rings is 2. The van der Waals surface area contributed by atoms with Crippen molar-refractivity contribution < 1.29 is 9.53 Å². The molecule has 34 heavy (non-hydrogen) atoms. The van der Waals surface area contributed by atoms with E-state index >= 15 is 0 Å². The number of carbonyl (C=O) groups excluding carboxylic acids is 1. The Morgan fingerprint density at radius 2 is 1.76 bits per heavy atom. The molecule has 0 aliphatic rings. The molecule has 0 bridgehead atoms. The first kappa shape index (κ1) is 21.6. The van der Waals surface area contributed by atoms with Crippen LogP contribution in [0.1, 0.15) is 32.0 Å². The monoisotopic (exact) mass is 451 g/mol. The van der Waals surface area contributed by atoms with Crippen LogP contribution in [0.15, 0.2) is 72.9 Å². The fourth-order valence-corrected chi connectivity index (χ4v) is 3.94. The van der Waals surface area contributed by atoms with Crippen LogP contribution in [0.5, 0.6) is 0 Å². The number of rotatable bonds is 3. The van der Waals surface area contributed by atoms with E-state index in [2.05, 4.69) is 22.1 Å². The summed E-state index contributed by atoms with van der Waals surface area (Å²) in [6, 6.07) is 21.7. The Hall–Kier alpha value is -4.26. The van der Waals surface area contributed by atoms with Crippen LogP contribution in [0.4, 0.5) is 10.7 Å². The summed E-state index contributed by atoms with van der Waals surface area (Å²) in [7, 11) is 0. The van der Waals surface area contributed by atoms with Gasteiger partial charge in [-0.2, -0.15) is 0 Å². The van der Waals surface area contributed by atoms with Gasteiger partial charge >= 0.3 is 6.09 Å². The Morgan fingerprint density at radius 1 is 0.971 bits per heavy atom. The van der Waals surface area contributed by atoms with Crippen molar-refractivity contribution in [1.82, 2.24) is 19.5 Å². The molecule has 5 aromatic rings. The maximum absolute atomic E-state index is 12.6. The van der Waals surface area contributed by atoms with Crippen LogP contribution < -0.4 is 5.73 Å². The highest BCUT2D eigenvalue weighted by molar-refractivity contribution is 5.92. The molecule has 0 spiro atoms. The second-order valence-corrected chi connectivity index (χ2v) is 9.19. The van der Waals surface area contributed by atoms with Crippen LogP contribution in [0, 0.1) is 0 Å². The van der Waals surface area contributed by atoms with E-state index in [0.717, 1.165) is 38.9 Å². The predicted octanol–water partition coefficient (Wildman–Crippen LogP) is 5.60. The Labute approximate surface area is 197 Å². The Morgan fingerprint density at radius 3 is 2.53 bits per heavy atom. The number of ether oxygens (including phenoxy) is 1. The number of anilines is 1. The van der Waals surface area contributed by atoms with E-state index in [1.807, 2.05) is 75.4 Å². The van der Waals surface area contributed by atoms with Crippen molar-refractivity contribution in [3.05, 3.63) is 84.2 Å². The van der Waals surface area contributed by atoms with E-state index in [1.165, 1.54) is 4.57 Å². The number of hydrogen-bond acceptors (Lipinski definition) is 6. The molecule has 0 saturated carbocycles. The van der Waals surface area contributed by atoms with E-state index in [0.29, 0.717) is 11.9 Å². The number of nitrogens with two attached hydrogens (primary N) is 1. The molecule has 5 rings (SSSR count).